The Balaban J connectivity index is 1.16. The van der Waals surface area contributed by atoms with E-state index < -0.39 is 0 Å². The topological polar surface area (TPSA) is 13.1 Å². The van der Waals surface area contributed by atoms with E-state index in [1.807, 2.05) is 0 Å². The summed E-state index contributed by atoms with van der Waals surface area (Å²) >= 11 is 0. The summed E-state index contributed by atoms with van der Waals surface area (Å²) in [5.41, 5.74) is 6.77. The first-order valence-electron chi connectivity index (χ1n) is 18.4. The van der Waals surface area contributed by atoms with Crippen molar-refractivity contribution in [3.05, 3.63) is 170 Å². The minimum atomic E-state index is 0.914. The summed E-state index contributed by atoms with van der Waals surface area (Å²) in [6.07, 6.45) is 0. The van der Waals surface area contributed by atoms with Crippen LogP contribution in [0.4, 0.5) is 0 Å². The van der Waals surface area contributed by atoms with E-state index in [0.717, 1.165) is 21.9 Å². The maximum atomic E-state index is 6.95. The fraction of sp³-hybridized carbons (Fsp3) is 0. The van der Waals surface area contributed by atoms with Crippen molar-refractivity contribution in [1.29, 1.82) is 0 Å². The van der Waals surface area contributed by atoms with Crippen LogP contribution in [0.1, 0.15) is 0 Å². The molecule has 13 rings (SSSR count). The number of hydrogen-bond acceptors (Lipinski definition) is 1. The Bertz CT molecular complexity index is 3640. The van der Waals surface area contributed by atoms with Crippen LogP contribution in [0.3, 0.4) is 0 Å². The van der Waals surface area contributed by atoms with E-state index in [4.69, 9.17) is 4.42 Å². The van der Waals surface area contributed by atoms with Gasteiger partial charge in [0, 0.05) is 21.7 Å². The van der Waals surface area contributed by atoms with Gasteiger partial charge in [-0.1, -0.05) is 152 Å². The molecule has 0 aliphatic heterocycles. The summed E-state index contributed by atoms with van der Waals surface area (Å²) in [7, 11) is 0. The first kappa shape index (κ1) is 27.7. The van der Waals surface area contributed by atoms with Crippen molar-refractivity contribution in [3.63, 3.8) is 0 Å². The van der Waals surface area contributed by atoms with Crippen molar-refractivity contribution in [2.24, 2.45) is 0 Å². The van der Waals surface area contributed by atoms with Crippen LogP contribution in [0.15, 0.2) is 174 Å². The molecule has 0 fully saturated rings. The van der Waals surface area contributed by atoms with Crippen molar-refractivity contribution in [2.45, 2.75) is 0 Å². The standard InChI is InChI=1S/C52H28O/c1-2-10-40-29(5-1)15-26-44-51-45(53-52(40)44)28-37-27-36(38-21-16-34-13-11-30-6-3-8-32-17-23-41(38)48(34)46(30)32)20-22-39(37)50(51)43-25-19-35-14-12-31-7-4-9-33-18-24-42(43)49(35)47(31)33/h1-28H. The van der Waals surface area contributed by atoms with Gasteiger partial charge in [0.25, 0.3) is 0 Å². The van der Waals surface area contributed by atoms with Gasteiger partial charge in [0.2, 0.25) is 0 Å². The fourth-order valence-corrected chi connectivity index (χ4v) is 9.78. The normalized spacial score (nSPS) is 12.5. The molecule has 0 saturated carbocycles. The molecule has 0 spiro atoms. The molecule has 1 heterocycles. The molecule has 0 radical (unpaired) electrons. The molecular weight excluding hydrogens is 641 g/mol. The SMILES string of the molecule is c1ccc2c(c1)ccc1c2oc2cc3cc(-c4ccc5ccc6cccc7ccc4c5c67)ccc3c(-c3ccc4ccc5cccc6ccc3c4c56)c21. The summed E-state index contributed by atoms with van der Waals surface area (Å²) in [5.74, 6) is 0. The molecular formula is C52H28O. The highest BCUT2D eigenvalue weighted by molar-refractivity contribution is 6.31. The third kappa shape index (κ3) is 3.61. The molecule has 0 aliphatic rings. The van der Waals surface area contributed by atoms with Crippen LogP contribution < -0.4 is 0 Å². The van der Waals surface area contributed by atoms with Gasteiger partial charge < -0.3 is 4.42 Å². The van der Waals surface area contributed by atoms with Gasteiger partial charge in [0.1, 0.15) is 11.2 Å². The van der Waals surface area contributed by atoms with E-state index >= 15 is 0 Å². The number of furan rings is 1. The molecule has 13 aromatic rings. The van der Waals surface area contributed by atoms with Gasteiger partial charge in [-0.25, -0.2) is 0 Å². The van der Waals surface area contributed by atoms with Gasteiger partial charge >= 0.3 is 0 Å². The van der Waals surface area contributed by atoms with Crippen molar-refractivity contribution in [3.8, 4) is 22.3 Å². The van der Waals surface area contributed by atoms with Crippen LogP contribution >= 0.6 is 0 Å². The lowest BCUT2D eigenvalue weighted by atomic mass is 9.85. The third-order valence-electron chi connectivity index (χ3n) is 12.1. The van der Waals surface area contributed by atoms with Crippen molar-refractivity contribution in [1.82, 2.24) is 0 Å². The summed E-state index contributed by atoms with van der Waals surface area (Å²) in [5, 5.41) is 22.6. The second-order valence-corrected chi connectivity index (χ2v) is 14.8. The lowest BCUT2D eigenvalue weighted by Crippen LogP contribution is -1.90. The van der Waals surface area contributed by atoms with Crippen molar-refractivity contribution >= 4 is 108 Å². The molecule has 12 aromatic carbocycles. The Hall–Kier alpha value is -6.96. The lowest BCUT2D eigenvalue weighted by Gasteiger charge is -2.17. The average molecular weight is 669 g/mol. The molecule has 1 heteroatoms. The molecule has 1 nitrogen and oxygen atoms in total. The minimum absolute atomic E-state index is 0.914. The zero-order valence-corrected chi connectivity index (χ0v) is 28.6. The highest BCUT2D eigenvalue weighted by Crippen LogP contribution is 2.48. The zero-order chi connectivity index (χ0) is 34.4. The van der Waals surface area contributed by atoms with Gasteiger partial charge in [-0.3, -0.25) is 0 Å². The number of hydrogen-bond donors (Lipinski definition) is 0. The molecule has 0 atom stereocenters. The Kier molecular flexibility index (Phi) is 5.17. The van der Waals surface area contributed by atoms with Crippen LogP contribution in [-0.4, -0.2) is 0 Å². The fourth-order valence-electron chi connectivity index (χ4n) is 9.78. The largest absolute Gasteiger partial charge is 0.455 e. The van der Waals surface area contributed by atoms with Crippen molar-refractivity contribution < 1.29 is 4.42 Å². The first-order chi connectivity index (χ1) is 26.3. The number of rotatable bonds is 2. The molecule has 53 heavy (non-hydrogen) atoms. The molecule has 242 valence electrons. The van der Waals surface area contributed by atoms with Crippen molar-refractivity contribution in [2.75, 3.05) is 0 Å². The molecule has 0 N–H and O–H groups in total. The Morgan fingerprint density at radius 2 is 0.792 bits per heavy atom. The average Bonchev–Trinajstić information content (AvgIpc) is 3.59. The van der Waals surface area contributed by atoms with E-state index in [1.165, 1.54) is 108 Å². The van der Waals surface area contributed by atoms with E-state index in [2.05, 4.69) is 170 Å². The molecule has 0 saturated heterocycles. The maximum Gasteiger partial charge on any atom is 0.143 e. The van der Waals surface area contributed by atoms with Crippen LogP contribution in [0.25, 0.3) is 130 Å². The summed E-state index contributed by atoms with van der Waals surface area (Å²) < 4.78 is 6.95. The van der Waals surface area contributed by atoms with E-state index in [1.54, 1.807) is 0 Å². The highest BCUT2D eigenvalue weighted by atomic mass is 16.3. The van der Waals surface area contributed by atoms with Crippen LogP contribution in [0.2, 0.25) is 0 Å². The lowest BCUT2D eigenvalue weighted by molar-refractivity contribution is 0.673. The van der Waals surface area contributed by atoms with Crippen LogP contribution in [0, 0.1) is 0 Å². The van der Waals surface area contributed by atoms with Gasteiger partial charge in [-0.15, -0.1) is 0 Å². The molecule has 0 amide bonds. The van der Waals surface area contributed by atoms with Crippen LogP contribution in [-0.2, 0) is 0 Å². The number of fused-ring (bicyclic) bond motifs is 6. The highest BCUT2D eigenvalue weighted by Gasteiger charge is 2.22. The molecule has 1 aromatic heterocycles. The van der Waals surface area contributed by atoms with E-state index in [-0.39, 0.29) is 0 Å². The third-order valence-corrected chi connectivity index (χ3v) is 12.1. The van der Waals surface area contributed by atoms with Gasteiger partial charge in [-0.2, -0.15) is 0 Å². The summed E-state index contributed by atoms with van der Waals surface area (Å²) in [4.78, 5) is 0. The van der Waals surface area contributed by atoms with Crippen LogP contribution in [0.5, 0.6) is 0 Å². The number of benzene rings is 12. The maximum absolute atomic E-state index is 6.95. The van der Waals surface area contributed by atoms with E-state index in [0.29, 0.717) is 0 Å². The van der Waals surface area contributed by atoms with Gasteiger partial charge in [0.05, 0.1) is 0 Å². The summed E-state index contributed by atoms with van der Waals surface area (Å²) in [6, 6.07) is 63.2. The first-order valence-corrected chi connectivity index (χ1v) is 18.4. The van der Waals surface area contributed by atoms with Gasteiger partial charge in [0.15, 0.2) is 0 Å². The molecule has 0 unspecified atom stereocenters. The second-order valence-electron chi connectivity index (χ2n) is 14.8. The molecule has 0 aliphatic carbocycles. The predicted octanol–water partition coefficient (Wildman–Crippen LogP) is 15.0. The predicted molar refractivity (Wildman–Crippen MR) is 227 cm³/mol. The second kappa shape index (κ2) is 9.88. The molecule has 0 bridgehead atoms. The Labute approximate surface area is 303 Å². The van der Waals surface area contributed by atoms with Gasteiger partial charge in [-0.05, 0) is 116 Å². The smallest absolute Gasteiger partial charge is 0.143 e. The summed E-state index contributed by atoms with van der Waals surface area (Å²) in [6.45, 7) is 0. The quantitative estimate of drug-likeness (QED) is 0.167. The van der Waals surface area contributed by atoms with E-state index in [9.17, 15) is 0 Å². The minimum Gasteiger partial charge on any atom is -0.455 e. The Morgan fingerprint density at radius 3 is 1.49 bits per heavy atom. The zero-order valence-electron chi connectivity index (χ0n) is 28.6. The Morgan fingerprint density at radius 1 is 0.283 bits per heavy atom. The monoisotopic (exact) mass is 668 g/mol.